The summed E-state index contributed by atoms with van der Waals surface area (Å²) in [7, 11) is 1.37. The van der Waals surface area contributed by atoms with Gasteiger partial charge < -0.3 is 15.2 Å². The molecule has 0 bridgehead atoms. The molecule has 2 N–H and O–H groups in total. The van der Waals surface area contributed by atoms with E-state index in [1.807, 2.05) is 42.5 Å². The van der Waals surface area contributed by atoms with E-state index < -0.39 is 6.04 Å². The topological polar surface area (TPSA) is 61.5 Å². The smallest absolute Gasteiger partial charge is 0.307 e. The number of esters is 1. The van der Waals surface area contributed by atoms with Crippen molar-refractivity contribution in [3.8, 4) is 16.9 Å². The molecule has 0 aliphatic heterocycles. The number of carbonyl (C=O) groups is 1. The van der Waals surface area contributed by atoms with Crippen LogP contribution in [-0.4, -0.2) is 19.7 Å². The number of allylic oxidation sites excluding steroid dienone is 1. The van der Waals surface area contributed by atoms with E-state index in [9.17, 15) is 4.79 Å². The second kappa shape index (κ2) is 9.78. The standard InChI is InChI=1S/C22H27NO3/c1-4-5-6-13-26-20-12-7-9-16(2)22(20)18-11-8-10-17(14-18)19(23)15-21(24)25-3/h4,7-12,14,19H,1,5-6,13,15,23H2,2-3H3/t19-/m0/s1. The molecule has 26 heavy (non-hydrogen) atoms. The molecule has 0 spiro atoms. The molecule has 2 aromatic rings. The third kappa shape index (κ3) is 5.20. The zero-order chi connectivity index (χ0) is 18.9. The first kappa shape index (κ1) is 19.7. The highest BCUT2D eigenvalue weighted by Gasteiger charge is 2.15. The van der Waals surface area contributed by atoms with E-state index in [0.717, 1.165) is 40.8 Å². The lowest BCUT2D eigenvalue weighted by Crippen LogP contribution is -2.16. The lowest BCUT2D eigenvalue weighted by atomic mass is 9.95. The first-order valence-corrected chi connectivity index (χ1v) is 8.82. The van der Waals surface area contributed by atoms with Gasteiger partial charge in [-0.15, -0.1) is 6.58 Å². The summed E-state index contributed by atoms with van der Waals surface area (Å²) < 4.78 is 10.7. The van der Waals surface area contributed by atoms with Crippen molar-refractivity contribution in [1.82, 2.24) is 0 Å². The normalized spacial score (nSPS) is 11.7. The Morgan fingerprint density at radius 3 is 2.77 bits per heavy atom. The van der Waals surface area contributed by atoms with E-state index in [1.165, 1.54) is 7.11 Å². The Labute approximate surface area is 155 Å². The maximum atomic E-state index is 11.5. The van der Waals surface area contributed by atoms with Crippen LogP contribution in [0.3, 0.4) is 0 Å². The van der Waals surface area contributed by atoms with Crippen molar-refractivity contribution in [1.29, 1.82) is 0 Å². The van der Waals surface area contributed by atoms with Crippen LogP contribution in [0.1, 0.15) is 36.4 Å². The van der Waals surface area contributed by atoms with E-state index in [0.29, 0.717) is 6.61 Å². The van der Waals surface area contributed by atoms with Crippen molar-refractivity contribution < 1.29 is 14.3 Å². The van der Waals surface area contributed by atoms with Crippen molar-refractivity contribution >= 4 is 5.97 Å². The Bertz CT molecular complexity index is 755. The Morgan fingerprint density at radius 1 is 1.27 bits per heavy atom. The minimum atomic E-state index is -0.400. The molecule has 0 amide bonds. The highest BCUT2D eigenvalue weighted by molar-refractivity contribution is 5.75. The summed E-state index contributed by atoms with van der Waals surface area (Å²) in [6.45, 7) is 6.44. The van der Waals surface area contributed by atoms with Crippen LogP contribution in [0.25, 0.3) is 11.1 Å². The predicted octanol–water partition coefficient (Wildman–Crippen LogP) is 4.57. The summed E-state index contributed by atoms with van der Waals surface area (Å²) in [5.41, 5.74) is 10.3. The predicted molar refractivity (Wildman–Crippen MR) is 105 cm³/mol. The average molecular weight is 353 g/mol. The third-order valence-corrected chi connectivity index (χ3v) is 4.26. The molecule has 0 aliphatic carbocycles. The largest absolute Gasteiger partial charge is 0.493 e. The van der Waals surface area contributed by atoms with Gasteiger partial charge in [0.2, 0.25) is 0 Å². The third-order valence-electron chi connectivity index (χ3n) is 4.26. The van der Waals surface area contributed by atoms with Crippen LogP contribution >= 0.6 is 0 Å². The van der Waals surface area contributed by atoms with Crippen LogP contribution < -0.4 is 10.5 Å². The number of benzene rings is 2. The van der Waals surface area contributed by atoms with Gasteiger partial charge in [-0.3, -0.25) is 4.79 Å². The molecule has 0 heterocycles. The number of unbranched alkanes of at least 4 members (excludes halogenated alkanes) is 1. The van der Waals surface area contributed by atoms with Gasteiger partial charge in [-0.2, -0.15) is 0 Å². The zero-order valence-electron chi connectivity index (χ0n) is 15.5. The molecule has 138 valence electrons. The number of aryl methyl sites for hydroxylation is 1. The first-order valence-electron chi connectivity index (χ1n) is 8.82. The fourth-order valence-electron chi connectivity index (χ4n) is 2.85. The number of nitrogens with two attached hydrogens (primary N) is 1. The van der Waals surface area contributed by atoms with Crippen LogP contribution in [0.2, 0.25) is 0 Å². The maximum absolute atomic E-state index is 11.5. The van der Waals surface area contributed by atoms with Crippen molar-refractivity contribution in [3.63, 3.8) is 0 Å². The van der Waals surface area contributed by atoms with E-state index in [-0.39, 0.29) is 12.4 Å². The fraction of sp³-hybridized carbons (Fsp3) is 0.318. The minimum absolute atomic E-state index is 0.151. The Morgan fingerprint density at radius 2 is 2.04 bits per heavy atom. The molecule has 0 aliphatic rings. The van der Waals surface area contributed by atoms with Gasteiger partial charge in [-0.1, -0.05) is 36.4 Å². The quantitative estimate of drug-likeness (QED) is 0.407. The maximum Gasteiger partial charge on any atom is 0.307 e. The fourth-order valence-corrected chi connectivity index (χ4v) is 2.85. The summed E-state index contributed by atoms with van der Waals surface area (Å²) in [6.07, 6.45) is 3.91. The number of ether oxygens (including phenoxy) is 2. The molecule has 1 atom stereocenters. The Balaban J connectivity index is 2.28. The second-order valence-electron chi connectivity index (χ2n) is 6.24. The van der Waals surface area contributed by atoms with Crippen molar-refractivity contribution in [2.45, 2.75) is 32.2 Å². The molecule has 4 nitrogen and oxygen atoms in total. The molecule has 0 saturated heterocycles. The summed E-state index contributed by atoms with van der Waals surface area (Å²) >= 11 is 0. The van der Waals surface area contributed by atoms with Gasteiger partial charge >= 0.3 is 5.97 Å². The molecule has 0 unspecified atom stereocenters. The van der Waals surface area contributed by atoms with Crippen LogP contribution in [-0.2, 0) is 9.53 Å². The number of methoxy groups -OCH3 is 1. The van der Waals surface area contributed by atoms with Gasteiger partial charge in [-0.25, -0.2) is 0 Å². The lowest BCUT2D eigenvalue weighted by molar-refractivity contribution is -0.141. The number of hydrogen-bond donors (Lipinski definition) is 1. The molecular weight excluding hydrogens is 326 g/mol. The molecule has 2 aromatic carbocycles. The summed E-state index contributed by atoms with van der Waals surface area (Å²) in [4.78, 5) is 11.5. The Kier molecular flexibility index (Phi) is 7.42. The van der Waals surface area contributed by atoms with E-state index in [1.54, 1.807) is 0 Å². The zero-order valence-corrected chi connectivity index (χ0v) is 15.5. The minimum Gasteiger partial charge on any atom is -0.493 e. The first-order chi connectivity index (χ1) is 12.6. The van der Waals surface area contributed by atoms with E-state index in [4.69, 9.17) is 15.2 Å². The van der Waals surface area contributed by atoms with Gasteiger partial charge in [0.05, 0.1) is 20.1 Å². The SMILES string of the molecule is C=CCCCOc1cccc(C)c1-c1cccc([C@@H](N)CC(=O)OC)c1. The van der Waals surface area contributed by atoms with Crippen molar-refractivity contribution in [3.05, 3.63) is 66.2 Å². The highest BCUT2D eigenvalue weighted by Crippen LogP contribution is 2.34. The molecule has 0 fully saturated rings. The number of rotatable bonds is 9. The molecule has 0 aromatic heterocycles. The van der Waals surface area contributed by atoms with Gasteiger partial charge in [-0.05, 0) is 48.6 Å². The summed E-state index contributed by atoms with van der Waals surface area (Å²) in [5.74, 6) is 0.540. The van der Waals surface area contributed by atoms with Gasteiger partial charge in [0.1, 0.15) is 5.75 Å². The molecule has 0 saturated carbocycles. The monoisotopic (exact) mass is 353 g/mol. The van der Waals surface area contributed by atoms with Gasteiger partial charge in [0.25, 0.3) is 0 Å². The number of carbonyl (C=O) groups excluding carboxylic acids is 1. The van der Waals surface area contributed by atoms with E-state index >= 15 is 0 Å². The average Bonchev–Trinajstić information content (AvgIpc) is 2.65. The molecular formula is C22H27NO3. The summed E-state index contributed by atoms with van der Waals surface area (Å²) in [5, 5.41) is 0. The molecule has 2 rings (SSSR count). The Hall–Kier alpha value is -2.59. The van der Waals surface area contributed by atoms with E-state index in [2.05, 4.69) is 19.6 Å². The van der Waals surface area contributed by atoms with Crippen molar-refractivity contribution in [2.24, 2.45) is 5.73 Å². The second-order valence-corrected chi connectivity index (χ2v) is 6.24. The lowest BCUT2D eigenvalue weighted by Gasteiger charge is -2.16. The van der Waals surface area contributed by atoms with Crippen LogP contribution in [0.5, 0.6) is 5.75 Å². The summed E-state index contributed by atoms with van der Waals surface area (Å²) in [6, 6.07) is 13.6. The van der Waals surface area contributed by atoms with Crippen LogP contribution in [0.15, 0.2) is 55.1 Å². The molecule has 4 heteroatoms. The van der Waals surface area contributed by atoms with Crippen LogP contribution in [0, 0.1) is 6.92 Å². The number of hydrogen-bond acceptors (Lipinski definition) is 4. The molecule has 0 radical (unpaired) electrons. The van der Waals surface area contributed by atoms with Gasteiger partial charge in [0.15, 0.2) is 0 Å². The van der Waals surface area contributed by atoms with Crippen molar-refractivity contribution in [2.75, 3.05) is 13.7 Å². The van der Waals surface area contributed by atoms with Crippen LogP contribution in [0.4, 0.5) is 0 Å². The van der Waals surface area contributed by atoms with Gasteiger partial charge in [0, 0.05) is 11.6 Å². The highest BCUT2D eigenvalue weighted by atomic mass is 16.5.